The van der Waals surface area contributed by atoms with Crippen LogP contribution in [-0.2, 0) is 6.54 Å². The third-order valence-corrected chi connectivity index (χ3v) is 6.74. The van der Waals surface area contributed by atoms with Gasteiger partial charge in [-0.1, -0.05) is 11.6 Å². The standard InChI is InChI=1S/C24H25ClFN3O2/c1-15(28-14-18-12-19(25)6-9-24(18)29(30)31)16-2-4-17(5-3-16)21-10-11-27-23-8-7-20(26)13-22(21)23/h6-13,15-17,28H,2-5,14H2,1H3/t15-,16?,17?/m1/s1. The largest absolute Gasteiger partial charge is 0.310 e. The Labute approximate surface area is 185 Å². The van der Waals surface area contributed by atoms with E-state index in [0.717, 1.165) is 36.6 Å². The first-order valence-electron chi connectivity index (χ1n) is 10.6. The van der Waals surface area contributed by atoms with Crippen LogP contribution >= 0.6 is 11.6 Å². The van der Waals surface area contributed by atoms with Crippen LogP contribution in [0.4, 0.5) is 10.1 Å². The molecule has 0 amide bonds. The molecule has 3 aromatic rings. The summed E-state index contributed by atoms with van der Waals surface area (Å²) in [6, 6.07) is 11.7. The molecule has 1 heterocycles. The minimum absolute atomic E-state index is 0.0876. The molecule has 31 heavy (non-hydrogen) atoms. The number of hydrogen-bond donors (Lipinski definition) is 1. The maximum atomic E-state index is 13.8. The van der Waals surface area contributed by atoms with Crippen molar-refractivity contribution in [3.63, 3.8) is 0 Å². The number of halogens is 2. The van der Waals surface area contributed by atoms with Crippen molar-refractivity contribution < 1.29 is 9.31 Å². The smallest absolute Gasteiger partial charge is 0.273 e. The Morgan fingerprint density at radius 1 is 1.19 bits per heavy atom. The van der Waals surface area contributed by atoms with Gasteiger partial charge < -0.3 is 5.32 Å². The van der Waals surface area contributed by atoms with Gasteiger partial charge in [-0.3, -0.25) is 15.1 Å². The molecule has 1 saturated carbocycles. The molecule has 7 heteroatoms. The normalized spacial score (nSPS) is 20.0. The number of nitrogens with zero attached hydrogens (tertiary/aromatic N) is 2. The van der Waals surface area contributed by atoms with Crippen molar-refractivity contribution in [1.29, 1.82) is 0 Å². The van der Waals surface area contributed by atoms with Crippen LogP contribution in [0.2, 0.25) is 5.02 Å². The molecule has 0 radical (unpaired) electrons. The number of benzene rings is 2. The SMILES string of the molecule is C[C@@H](NCc1cc(Cl)ccc1[N+](=O)[O-])C1CCC(c2ccnc3ccc(F)cc23)CC1. The molecular weight excluding hydrogens is 417 g/mol. The van der Waals surface area contributed by atoms with Crippen molar-refractivity contribution in [1.82, 2.24) is 10.3 Å². The van der Waals surface area contributed by atoms with Crippen molar-refractivity contribution in [3.05, 3.63) is 80.7 Å². The van der Waals surface area contributed by atoms with Crippen molar-refractivity contribution in [2.75, 3.05) is 0 Å². The van der Waals surface area contributed by atoms with Gasteiger partial charge in [0.1, 0.15) is 5.82 Å². The molecular formula is C24H25ClFN3O2. The van der Waals surface area contributed by atoms with Crippen LogP contribution in [0.25, 0.3) is 10.9 Å². The van der Waals surface area contributed by atoms with E-state index in [1.807, 2.05) is 12.3 Å². The first-order chi connectivity index (χ1) is 14.9. The van der Waals surface area contributed by atoms with Gasteiger partial charge in [0.25, 0.3) is 5.69 Å². The molecule has 1 atom stereocenters. The Kier molecular flexibility index (Phi) is 6.49. The molecule has 2 aromatic carbocycles. The molecule has 1 aliphatic carbocycles. The molecule has 1 fully saturated rings. The van der Waals surface area contributed by atoms with E-state index in [-0.39, 0.29) is 22.5 Å². The number of pyridine rings is 1. The number of rotatable bonds is 6. The second-order valence-corrected chi connectivity index (χ2v) is 8.81. The predicted molar refractivity (Wildman–Crippen MR) is 121 cm³/mol. The minimum atomic E-state index is -0.370. The van der Waals surface area contributed by atoms with Gasteiger partial charge in [-0.25, -0.2) is 4.39 Å². The van der Waals surface area contributed by atoms with Gasteiger partial charge in [0.15, 0.2) is 0 Å². The zero-order chi connectivity index (χ0) is 22.0. The molecule has 1 N–H and O–H groups in total. The summed E-state index contributed by atoms with van der Waals surface area (Å²) in [7, 11) is 0. The molecule has 5 nitrogen and oxygen atoms in total. The summed E-state index contributed by atoms with van der Waals surface area (Å²) in [5.41, 5.74) is 2.70. The summed E-state index contributed by atoms with van der Waals surface area (Å²) in [5.74, 6) is 0.646. The Morgan fingerprint density at radius 2 is 1.97 bits per heavy atom. The highest BCUT2D eigenvalue weighted by atomic mass is 35.5. The average Bonchev–Trinajstić information content (AvgIpc) is 2.77. The lowest BCUT2D eigenvalue weighted by atomic mass is 9.75. The minimum Gasteiger partial charge on any atom is -0.310 e. The van der Waals surface area contributed by atoms with Crippen molar-refractivity contribution >= 4 is 28.2 Å². The molecule has 0 spiro atoms. The van der Waals surface area contributed by atoms with Crippen LogP contribution in [0.1, 0.15) is 49.7 Å². The molecule has 1 aromatic heterocycles. The van der Waals surface area contributed by atoms with Crippen molar-refractivity contribution in [3.8, 4) is 0 Å². The van der Waals surface area contributed by atoms with Crippen LogP contribution in [0.3, 0.4) is 0 Å². The Morgan fingerprint density at radius 3 is 2.71 bits per heavy atom. The first kappa shape index (κ1) is 21.7. The summed E-state index contributed by atoms with van der Waals surface area (Å²) in [6.07, 6.45) is 5.97. The van der Waals surface area contributed by atoms with Crippen LogP contribution in [0.15, 0.2) is 48.7 Å². The second kappa shape index (κ2) is 9.28. The van der Waals surface area contributed by atoms with E-state index in [1.165, 1.54) is 17.7 Å². The highest BCUT2D eigenvalue weighted by molar-refractivity contribution is 6.30. The Hall–Kier alpha value is -2.57. The van der Waals surface area contributed by atoms with Crippen LogP contribution < -0.4 is 5.32 Å². The third kappa shape index (κ3) is 4.86. The molecule has 162 valence electrons. The molecule has 4 rings (SSSR count). The predicted octanol–water partition coefficient (Wildman–Crippen LogP) is 6.39. The fourth-order valence-corrected chi connectivity index (χ4v) is 4.93. The van der Waals surface area contributed by atoms with E-state index in [1.54, 1.807) is 24.3 Å². The Balaban J connectivity index is 1.39. The van der Waals surface area contributed by atoms with Gasteiger partial charge in [0.2, 0.25) is 0 Å². The van der Waals surface area contributed by atoms with E-state index in [2.05, 4.69) is 17.2 Å². The third-order valence-electron chi connectivity index (χ3n) is 6.51. The van der Waals surface area contributed by atoms with E-state index in [0.29, 0.717) is 29.0 Å². The maximum absolute atomic E-state index is 13.8. The summed E-state index contributed by atoms with van der Waals surface area (Å²) >= 11 is 6.03. The van der Waals surface area contributed by atoms with E-state index >= 15 is 0 Å². The van der Waals surface area contributed by atoms with Gasteiger partial charge in [0, 0.05) is 40.8 Å². The lowest BCUT2D eigenvalue weighted by Gasteiger charge is -2.33. The first-order valence-corrected chi connectivity index (χ1v) is 11.0. The number of nitrogens with one attached hydrogen (secondary N) is 1. The molecule has 0 aliphatic heterocycles. The number of nitro groups is 1. The van der Waals surface area contributed by atoms with Gasteiger partial charge in [-0.2, -0.15) is 0 Å². The lowest BCUT2D eigenvalue weighted by molar-refractivity contribution is -0.385. The van der Waals surface area contributed by atoms with Gasteiger partial charge >= 0.3 is 0 Å². The zero-order valence-electron chi connectivity index (χ0n) is 17.4. The summed E-state index contributed by atoms with van der Waals surface area (Å²) in [6.45, 7) is 2.55. The summed E-state index contributed by atoms with van der Waals surface area (Å²) in [5, 5.41) is 16.1. The zero-order valence-corrected chi connectivity index (χ0v) is 18.1. The highest BCUT2D eigenvalue weighted by Gasteiger charge is 2.27. The summed E-state index contributed by atoms with van der Waals surface area (Å²) < 4.78 is 13.8. The number of nitro benzene ring substituents is 1. The number of aromatic nitrogens is 1. The summed E-state index contributed by atoms with van der Waals surface area (Å²) in [4.78, 5) is 15.3. The van der Waals surface area contributed by atoms with Crippen LogP contribution in [0.5, 0.6) is 0 Å². The fraction of sp³-hybridized carbons (Fsp3) is 0.375. The monoisotopic (exact) mass is 441 g/mol. The quantitative estimate of drug-likeness (QED) is 0.355. The van der Waals surface area contributed by atoms with Crippen molar-refractivity contribution in [2.24, 2.45) is 5.92 Å². The Bertz CT molecular complexity index is 1100. The van der Waals surface area contributed by atoms with Crippen LogP contribution in [0, 0.1) is 21.8 Å². The van der Waals surface area contributed by atoms with E-state index in [4.69, 9.17) is 11.6 Å². The maximum Gasteiger partial charge on any atom is 0.273 e. The fourth-order valence-electron chi connectivity index (χ4n) is 4.74. The molecule has 1 aliphatic rings. The number of hydrogen-bond acceptors (Lipinski definition) is 4. The highest BCUT2D eigenvalue weighted by Crippen LogP contribution is 2.39. The number of fused-ring (bicyclic) bond motifs is 1. The van der Waals surface area contributed by atoms with Gasteiger partial charge in [-0.15, -0.1) is 0 Å². The van der Waals surface area contributed by atoms with E-state index in [9.17, 15) is 14.5 Å². The van der Waals surface area contributed by atoms with Gasteiger partial charge in [-0.05, 0) is 86.4 Å². The average molecular weight is 442 g/mol. The molecule has 0 bridgehead atoms. The van der Waals surface area contributed by atoms with Gasteiger partial charge in [0.05, 0.1) is 10.4 Å². The molecule has 0 saturated heterocycles. The topological polar surface area (TPSA) is 68.1 Å². The molecule has 0 unspecified atom stereocenters. The van der Waals surface area contributed by atoms with Crippen LogP contribution in [-0.4, -0.2) is 15.9 Å². The van der Waals surface area contributed by atoms with Crippen molar-refractivity contribution in [2.45, 2.75) is 51.1 Å². The second-order valence-electron chi connectivity index (χ2n) is 8.37. The van der Waals surface area contributed by atoms with E-state index < -0.39 is 0 Å². The lowest BCUT2D eigenvalue weighted by Crippen LogP contribution is -2.35.